The second-order valence-electron chi connectivity index (χ2n) is 6.97. The Kier molecular flexibility index (Phi) is 6.10. The van der Waals surface area contributed by atoms with E-state index in [9.17, 15) is 9.59 Å². The van der Waals surface area contributed by atoms with Crippen molar-refractivity contribution in [2.75, 3.05) is 6.61 Å². The zero-order chi connectivity index (χ0) is 19.3. The van der Waals surface area contributed by atoms with Crippen LogP contribution in [0.25, 0.3) is 0 Å². The molecule has 2 heterocycles. The molecule has 4 rings (SSSR count). The van der Waals surface area contributed by atoms with E-state index in [1.54, 1.807) is 24.3 Å². The molecule has 0 radical (unpaired) electrons. The molecule has 2 aliphatic heterocycles. The third-order valence-corrected chi connectivity index (χ3v) is 7.59. The number of carbonyl (C=O) groups is 2. The van der Waals surface area contributed by atoms with Gasteiger partial charge in [-0.05, 0) is 0 Å². The van der Waals surface area contributed by atoms with Crippen molar-refractivity contribution in [1.82, 2.24) is 0 Å². The van der Waals surface area contributed by atoms with Crippen LogP contribution in [0.1, 0.15) is 29.6 Å². The van der Waals surface area contributed by atoms with Crippen molar-refractivity contribution in [2.45, 2.75) is 42.4 Å². The van der Waals surface area contributed by atoms with Gasteiger partial charge in [0.15, 0.2) is 0 Å². The van der Waals surface area contributed by atoms with Crippen molar-refractivity contribution < 1.29 is 23.8 Å². The first kappa shape index (κ1) is 19.2. The average molecular weight is 445 g/mol. The molecule has 2 saturated heterocycles. The van der Waals surface area contributed by atoms with Crippen LogP contribution in [-0.2, 0) is 19.0 Å². The van der Waals surface area contributed by atoms with Gasteiger partial charge in [0, 0.05) is 0 Å². The number of carbonyl (C=O) groups excluding carboxylic acids is 2. The van der Waals surface area contributed by atoms with Crippen molar-refractivity contribution in [3.05, 3.63) is 66.2 Å². The van der Waals surface area contributed by atoms with Gasteiger partial charge in [-0.3, -0.25) is 0 Å². The number of fused-ring (bicyclic) bond motifs is 1. The van der Waals surface area contributed by atoms with E-state index in [2.05, 4.69) is 12.1 Å². The normalized spacial score (nSPS) is 26.8. The average Bonchev–Trinajstić information content (AvgIpc) is 3.05. The van der Waals surface area contributed by atoms with Crippen LogP contribution < -0.4 is 4.46 Å². The fourth-order valence-electron chi connectivity index (χ4n) is 3.54. The van der Waals surface area contributed by atoms with Gasteiger partial charge >= 0.3 is 164 Å². The van der Waals surface area contributed by atoms with Gasteiger partial charge in [0.05, 0.1) is 0 Å². The molecule has 28 heavy (non-hydrogen) atoms. The molecule has 4 atom stereocenters. The molecular weight excluding hydrogens is 423 g/mol. The summed E-state index contributed by atoms with van der Waals surface area (Å²) in [5.41, 5.74) is 0.520. The van der Waals surface area contributed by atoms with Crippen LogP contribution in [0.2, 0.25) is 4.82 Å². The molecule has 1 unspecified atom stereocenters. The Morgan fingerprint density at radius 3 is 2.46 bits per heavy atom. The molecule has 0 N–H and O–H groups in total. The van der Waals surface area contributed by atoms with E-state index in [4.69, 9.17) is 14.2 Å². The molecule has 5 nitrogen and oxygen atoms in total. The summed E-state index contributed by atoms with van der Waals surface area (Å²) in [4.78, 5) is 24.6. The topological polar surface area (TPSA) is 61.8 Å². The van der Waals surface area contributed by atoms with Crippen molar-refractivity contribution in [3.63, 3.8) is 0 Å². The van der Waals surface area contributed by atoms with Crippen molar-refractivity contribution in [2.24, 2.45) is 0 Å². The van der Waals surface area contributed by atoms with Gasteiger partial charge in [-0.1, -0.05) is 6.07 Å². The van der Waals surface area contributed by atoms with Gasteiger partial charge in [0.1, 0.15) is 0 Å². The molecule has 2 aliphatic rings. The summed E-state index contributed by atoms with van der Waals surface area (Å²) in [6.45, 7) is 0.176. The Balaban J connectivity index is 1.29. The second kappa shape index (κ2) is 8.91. The first-order chi connectivity index (χ1) is 13.7. The number of esters is 2. The SMILES string of the molecule is O=C(OC[C@H]1C[C@H]2OC(=O)C([Se]c3ccccc3)CC[C@H]2O1)c1ccccc1. The van der Waals surface area contributed by atoms with E-state index in [1.807, 2.05) is 24.3 Å². The Labute approximate surface area is 170 Å². The Bertz CT molecular complexity index is 810. The van der Waals surface area contributed by atoms with Crippen molar-refractivity contribution >= 4 is 31.4 Å². The number of benzene rings is 2. The van der Waals surface area contributed by atoms with E-state index in [0.29, 0.717) is 12.0 Å². The molecule has 6 heteroatoms. The van der Waals surface area contributed by atoms with Crippen LogP contribution >= 0.6 is 0 Å². The van der Waals surface area contributed by atoms with Crippen LogP contribution in [0, 0.1) is 0 Å². The Hall–Kier alpha value is -2.14. The van der Waals surface area contributed by atoms with E-state index in [0.717, 1.165) is 12.8 Å². The third kappa shape index (κ3) is 4.64. The van der Waals surface area contributed by atoms with E-state index in [-0.39, 0.29) is 56.6 Å². The maximum atomic E-state index is 12.6. The minimum absolute atomic E-state index is 0.0571. The summed E-state index contributed by atoms with van der Waals surface area (Å²) in [5.74, 6) is -0.485. The molecule has 146 valence electrons. The number of ether oxygens (including phenoxy) is 3. The first-order valence-corrected chi connectivity index (χ1v) is 11.3. The Morgan fingerprint density at radius 2 is 1.71 bits per heavy atom. The summed E-state index contributed by atoms with van der Waals surface area (Å²) in [6.07, 6.45) is 1.55. The van der Waals surface area contributed by atoms with Gasteiger partial charge in [-0.15, -0.1) is 0 Å². The van der Waals surface area contributed by atoms with Gasteiger partial charge in [-0.25, -0.2) is 0 Å². The second-order valence-corrected chi connectivity index (χ2v) is 9.65. The van der Waals surface area contributed by atoms with Crippen LogP contribution in [0.4, 0.5) is 0 Å². The zero-order valence-corrected chi connectivity index (χ0v) is 17.1. The molecule has 0 saturated carbocycles. The number of hydrogen-bond donors (Lipinski definition) is 0. The van der Waals surface area contributed by atoms with E-state index in [1.165, 1.54) is 4.46 Å². The van der Waals surface area contributed by atoms with Crippen LogP contribution in [-0.4, -0.2) is 51.8 Å². The summed E-state index contributed by atoms with van der Waals surface area (Å²) >= 11 is 0.0571. The summed E-state index contributed by atoms with van der Waals surface area (Å²) < 4.78 is 18.4. The van der Waals surface area contributed by atoms with Gasteiger partial charge in [0.2, 0.25) is 0 Å². The number of rotatable bonds is 5. The fraction of sp³-hybridized carbons (Fsp3) is 0.364. The van der Waals surface area contributed by atoms with Crippen LogP contribution in [0.5, 0.6) is 0 Å². The third-order valence-electron chi connectivity index (χ3n) is 4.95. The van der Waals surface area contributed by atoms with Crippen molar-refractivity contribution in [3.8, 4) is 0 Å². The van der Waals surface area contributed by atoms with E-state index < -0.39 is 0 Å². The molecule has 2 aromatic rings. The quantitative estimate of drug-likeness (QED) is 0.523. The molecule has 2 aromatic carbocycles. The monoisotopic (exact) mass is 446 g/mol. The summed E-state index contributed by atoms with van der Waals surface area (Å²) in [5, 5.41) is 0. The molecule has 0 aliphatic carbocycles. The van der Waals surface area contributed by atoms with E-state index >= 15 is 0 Å². The summed E-state index contributed by atoms with van der Waals surface area (Å²) in [6, 6.07) is 19.0. The zero-order valence-electron chi connectivity index (χ0n) is 15.4. The molecule has 0 amide bonds. The first-order valence-electron chi connectivity index (χ1n) is 9.49. The number of hydrogen-bond acceptors (Lipinski definition) is 5. The Morgan fingerprint density at radius 1 is 1.00 bits per heavy atom. The molecule has 2 fully saturated rings. The van der Waals surface area contributed by atoms with Crippen LogP contribution in [0.3, 0.4) is 0 Å². The summed E-state index contributed by atoms with van der Waals surface area (Å²) in [7, 11) is 0. The minimum atomic E-state index is -0.362. The van der Waals surface area contributed by atoms with Crippen molar-refractivity contribution in [1.29, 1.82) is 0 Å². The molecule has 0 bridgehead atoms. The van der Waals surface area contributed by atoms with Crippen LogP contribution in [0.15, 0.2) is 60.7 Å². The van der Waals surface area contributed by atoms with Gasteiger partial charge < -0.3 is 0 Å². The predicted molar refractivity (Wildman–Crippen MR) is 105 cm³/mol. The maximum absolute atomic E-state index is 12.6. The molecule has 0 spiro atoms. The fourth-order valence-corrected chi connectivity index (χ4v) is 5.74. The van der Waals surface area contributed by atoms with Gasteiger partial charge in [-0.2, -0.15) is 0 Å². The standard InChI is InChI=1S/C22H22O5Se/c23-21(15-7-3-1-4-8-15)25-14-16-13-19-18(26-16)11-12-20(22(24)27-19)28-17-9-5-2-6-10-17/h1-10,16,18-20H,11-14H2/t16-,18-,19-,20?/m1/s1. The van der Waals surface area contributed by atoms with Gasteiger partial charge in [0.25, 0.3) is 0 Å². The predicted octanol–water partition coefficient (Wildman–Crippen LogP) is 2.52. The molecular formula is C22H22O5Se. The molecule has 0 aromatic heterocycles.